The Kier molecular flexibility index (Phi) is 5.44. The van der Waals surface area contributed by atoms with Crippen molar-refractivity contribution in [1.82, 2.24) is 9.97 Å². The minimum absolute atomic E-state index is 0.0272. The number of benzene rings is 2. The van der Waals surface area contributed by atoms with Crippen LogP contribution in [0, 0.1) is 10.1 Å². The number of aromatic amines is 1. The second-order valence-corrected chi connectivity index (χ2v) is 6.04. The molecule has 0 saturated carbocycles. The van der Waals surface area contributed by atoms with Crippen molar-refractivity contribution in [2.45, 2.75) is 20.0 Å². The van der Waals surface area contributed by atoms with Gasteiger partial charge in [0.1, 0.15) is 5.82 Å². The summed E-state index contributed by atoms with van der Waals surface area (Å²) in [5.74, 6) is -1.51. The van der Waals surface area contributed by atoms with E-state index in [4.69, 9.17) is 14.6 Å². The fourth-order valence-electron chi connectivity index (χ4n) is 2.69. The molecule has 0 amide bonds. The highest BCUT2D eigenvalue weighted by molar-refractivity contribution is 5.80. The molecule has 29 heavy (non-hydrogen) atoms. The molecule has 1 unspecified atom stereocenters. The first-order chi connectivity index (χ1) is 13.8. The van der Waals surface area contributed by atoms with E-state index in [1.54, 1.807) is 31.2 Å². The van der Waals surface area contributed by atoms with Crippen molar-refractivity contribution in [1.29, 1.82) is 0 Å². The lowest BCUT2D eigenvalue weighted by atomic mass is 10.1. The van der Waals surface area contributed by atoms with E-state index < -0.39 is 28.2 Å². The van der Waals surface area contributed by atoms with Gasteiger partial charge in [0.2, 0.25) is 5.75 Å². The highest BCUT2D eigenvalue weighted by atomic mass is 16.6. The highest BCUT2D eigenvalue weighted by Gasteiger charge is 2.27. The standard InChI is InChI=1S/C19H17N3O7/c1-3-28-15-9-11(8-14(22(26)27)16(15)29-10(2)19(24)25)17-20-13-7-5-4-6-12(13)18(23)21-17/h4-10H,3H2,1-2H3,(H,24,25)(H,20,21,23). The second-order valence-electron chi connectivity index (χ2n) is 6.04. The summed E-state index contributed by atoms with van der Waals surface area (Å²) in [6.45, 7) is 3.07. The number of aromatic nitrogens is 2. The van der Waals surface area contributed by atoms with Gasteiger partial charge in [-0.1, -0.05) is 12.1 Å². The van der Waals surface area contributed by atoms with Crippen LogP contribution in [0.4, 0.5) is 5.69 Å². The van der Waals surface area contributed by atoms with Gasteiger partial charge in [-0.2, -0.15) is 0 Å². The summed E-state index contributed by atoms with van der Waals surface area (Å²) >= 11 is 0. The fraction of sp³-hybridized carbons (Fsp3) is 0.211. The molecule has 2 aromatic carbocycles. The second kappa shape index (κ2) is 7.97. The molecule has 150 valence electrons. The molecular weight excluding hydrogens is 382 g/mol. The number of H-pyrrole nitrogens is 1. The van der Waals surface area contributed by atoms with Gasteiger partial charge in [-0.15, -0.1) is 0 Å². The van der Waals surface area contributed by atoms with Crippen LogP contribution in [0.25, 0.3) is 22.3 Å². The molecule has 0 fully saturated rings. The maximum atomic E-state index is 12.3. The first kappa shape index (κ1) is 19.8. The first-order valence-corrected chi connectivity index (χ1v) is 8.66. The van der Waals surface area contributed by atoms with Gasteiger partial charge in [0.25, 0.3) is 5.56 Å². The number of hydrogen-bond acceptors (Lipinski definition) is 7. The summed E-state index contributed by atoms with van der Waals surface area (Å²) in [6, 6.07) is 9.25. The van der Waals surface area contributed by atoms with Gasteiger partial charge in [0.05, 0.1) is 22.4 Å². The van der Waals surface area contributed by atoms with E-state index in [-0.39, 0.29) is 29.5 Å². The molecule has 0 saturated heterocycles. The Hall–Kier alpha value is -3.95. The monoisotopic (exact) mass is 399 g/mol. The zero-order valence-electron chi connectivity index (χ0n) is 15.5. The quantitative estimate of drug-likeness (QED) is 0.456. The van der Waals surface area contributed by atoms with Gasteiger partial charge in [0.15, 0.2) is 11.9 Å². The third-order valence-corrected chi connectivity index (χ3v) is 4.06. The molecule has 10 nitrogen and oxygen atoms in total. The summed E-state index contributed by atoms with van der Waals surface area (Å²) < 4.78 is 10.7. The Balaban J connectivity index is 2.22. The number of rotatable bonds is 7. The van der Waals surface area contributed by atoms with Crippen molar-refractivity contribution >= 4 is 22.6 Å². The number of nitrogens with one attached hydrogen (secondary N) is 1. The van der Waals surface area contributed by atoms with Crippen LogP contribution in [0.2, 0.25) is 0 Å². The van der Waals surface area contributed by atoms with Crippen LogP contribution >= 0.6 is 0 Å². The molecule has 0 aliphatic heterocycles. The van der Waals surface area contributed by atoms with Crippen molar-refractivity contribution in [3.63, 3.8) is 0 Å². The van der Waals surface area contributed by atoms with E-state index in [0.717, 1.165) is 6.07 Å². The van der Waals surface area contributed by atoms with Gasteiger partial charge in [-0.05, 0) is 32.0 Å². The lowest BCUT2D eigenvalue weighted by molar-refractivity contribution is -0.386. The molecule has 3 rings (SSSR count). The number of carbonyl (C=O) groups is 1. The summed E-state index contributed by atoms with van der Waals surface area (Å²) in [5, 5.41) is 21.1. The predicted octanol–water partition coefficient (Wildman–Crippen LogP) is 2.75. The van der Waals surface area contributed by atoms with Gasteiger partial charge in [0, 0.05) is 11.6 Å². The summed E-state index contributed by atoms with van der Waals surface area (Å²) in [7, 11) is 0. The number of nitro groups is 1. The van der Waals surface area contributed by atoms with Crippen molar-refractivity contribution in [2.75, 3.05) is 6.61 Å². The van der Waals surface area contributed by atoms with Gasteiger partial charge in [-0.25, -0.2) is 9.78 Å². The van der Waals surface area contributed by atoms with Gasteiger partial charge < -0.3 is 19.6 Å². The number of hydrogen-bond donors (Lipinski definition) is 2. The topological polar surface area (TPSA) is 145 Å². The molecule has 1 atom stereocenters. The predicted molar refractivity (Wildman–Crippen MR) is 103 cm³/mol. The van der Waals surface area contributed by atoms with Crippen molar-refractivity contribution in [3.05, 3.63) is 56.9 Å². The molecule has 0 spiro atoms. The zero-order chi connectivity index (χ0) is 21.1. The molecule has 0 aliphatic carbocycles. The lowest BCUT2D eigenvalue weighted by Crippen LogP contribution is -2.23. The minimum Gasteiger partial charge on any atom is -0.490 e. The van der Waals surface area contributed by atoms with Crippen LogP contribution in [-0.4, -0.2) is 38.7 Å². The van der Waals surface area contributed by atoms with Gasteiger partial charge in [-0.3, -0.25) is 14.9 Å². The Bertz CT molecular complexity index is 1160. The fourth-order valence-corrected chi connectivity index (χ4v) is 2.69. The van der Waals surface area contributed by atoms with Crippen LogP contribution in [0.15, 0.2) is 41.2 Å². The Morgan fingerprint density at radius 2 is 2.07 bits per heavy atom. The average molecular weight is 399 g/mol. The smallest absolute Gasteiger partial charge is 0.344 e. The lowest BCUT2D eigenvalue weighted by Gasteiger charge is -2.16. The maximum Gasteiger partial charge on any atom is 0.344 e. The summed E-state index contributed by atoms with van der Waals surface area (Å²) in [5.41, 5.74) is -0.258. The average Bonchev–Trinajstić information content (AvgIpc) is 2.68. The number of ether oxygens (including phenoxy) is 2. The van der Waals surface area contributed by atoms with Crippen LogP contribution in [0.3, 0.4) is 0 Å². The van der Waals surface area contributed by atoms with Crippen molar-refractivity contribution < 1.29 is 24.3 Å². The summed E-state index contributed by atoms with van der Waals surface area (Å²) in [6.07, 6.45) is -1.34. The molecule has 1 aromatic heterocycles. The largest absolute Gasteiger partial charge is 0.490 e. The van der Waals surface area contributed by atoms with E-state index in [0.29, 0.717) is 10.9 Å². The molecule has 0 bridgehead atoms. The van der Waals surface area contributed by atoms with E-state index in [1.165, 1.54) is 13.0 Å². The zero-order valence-corrected chi connectivity index (χ0v) is 15.5. The minimum atomic E-state index is -1.34. The molecular formula is C19H17N3O7. The van der Waals surface area contributed by atoms with Crippen LogP contribution in [0.1, 0.15) is 13.8 Å². The van der Waals surface area contributed by atoms with Crippen LogP contribution in [0.5, 0.6) is 11.5 Å². The van der Waals surface area contributed by atoms with E-state index in [2.05, 4.69) is 9.97 Å². The molecule has 0 radical (unpaired) electrons. The molecule has 0 aliphatic rings. The number of carboxylic acid groups (broad SMARTS) is 1. The van der Waals surface area contributed by atoms with Crippen LogP contribution in [-0.2, 0) is 4.79 Å². The number of carboxylic acids is 1. The van der Waals surface area contributed by atoms with Gasteiger partial charge >= 0.3 is 11.7 Å². The Labute approximate surface area is 163 Å². The van der Waals surface area contributed by atoms with Crippen molar-refractivity contribution in [3.8, 4) is 22.9 Å². The number of nitrogens with zero attached hydrogens (tertiary/aromatic N) is 2. The third-order valence-electron chi connectivity index (χ3n) is 4.06. The van der Waals surface area contributed by atoms with E-state index in [1.807, 2.05) is 0 Å². The number of aliphatic carboxylic acids is 1. The van der Waals surface area contributed by atoms with Crippen LogP contribution < -0.4 is 15.0 Å². The molecule has 1 heterocycles. The van der Waals surface area contributed by atoms with E-state index >= 15 is 0 Å². The van der Waals surface area contributed by atoms with E-state index in [9.17, 15) is 19.7 Å². The Morgan fingerprint density at radius 3 is 2.72 bits per heavy atom. The number of fused-ring (bicyclic) bond motifs is 1. The molecule has 3 aromatic rings. The Morgan fingerprint density at radius 1 is 1.34 bits per heavy atom. The third kappa shape index (κ3) is 4.00. The molecule has 10 heteroatoms. The number of para-hydroxylation sites is 1. The first-order valence-electron chi connectivity index (χ1n) is 8.66. The summed E-state index contributed by atoms with van der Waals surface area (Å²) in [4.78, 5) is 41.3. The SMILES string of the molecule is CCOc1cc(-c2nc3ccccc3c(=O)[nH]2)cc([N+](=O)[O-])c1OC(C)C(=O)O. The number of nitro benzene ring substituents is 1. The molecule has 2 N–H and O–H groups in total. The normalized spacial score (nSPS) is 11.8. The van der Waals surface area contributed by atoms with Crippen molar-refractivity contribution in [2.24, 2.45) is 0 Å². The maximum absolute atomic E-state index is 12.3. The highest BCUT2D eigenvalue weighted by Crippen LogP contribution is 2.41.